The van der Waals surface area contributed by atoms with E-state index in [2.05, 4.69) is 84.7 Å². The predicted molar refractivity (Wildman–Crippen MR) is 90.2 cm³/mol. The summed E-state index contributed by atoms with van der Waals surface area (Å²) in [6.07, 6.45) is 1.82. The Kier molecular flexibility index (Phi) is 3.91. The van der Waals surface area contributed by atoms with Crippen molar-refractivity contribution in [3.63, 3.8) is 0 Å². The van der Waals surface area contributed by atoms with Gasteiger partial charge >= 0.3 is 0 Å². The van der Waals surface area contributed by atoms with E-state index in [1.165, 1.54) is 16.5 Å². The molecule has 0 spiro atoms. The highest BCUT2D eigenvalue weighted by molar-refractivity contribution is 6.95. The van der Waals surface area contributed by atoms with Gasteiger partial charge in [0.25, 0.3) is 6.71 Å². The average Bonchev–Trinajstić information content (AvgIpc) is 3.03. The lowest BCUT2D eigenvalue weighted by Crippen LogP contribution is -2.52. The van der Waals surface area contributed by atoms with Crippen molar-refractivity contribution in [2.75, 3.05) is 0 Å². The van der Waals surface area contributed by atoms with Crippen LogP contribution in [0.5, 0.6) is 0 Å². The van der Waals surface area contributed by atoms with E-state index in [4.69, 9.17) is 0 Å². The van der Waals surface area contributed by atoms with Gasteiger partial charge in [0.05, 0.1) is 0 Å². The van der Waals surface area contributed by atoms with E-state index in [0.29, 0.717) is 5.92 Å². The summed E-state index contributed by atoms with van der Waals surface area (Å²) in [4.78, 5) is 0. The quantitative estimate of drug-likeness (QED) is 0.725. The lowest BCUT2D eigenvalue weighted by atomic mass is 9.38. The first-order valence-electron chi connectivity index (χ1n) is 7.40. The van der Waals surface area contributed by atoms with Gasteiger partial charge in [-0.1, -0.05) is 79.4 Å². The van der Waals surface area contributed by atoms with Crippen molar-refractivity contribution >= 4 is 23.2 Å². The van der Waals surface area contributed by atoms with Crippen LogP contribution in [0, 0.1) is 0 Å². The molecule has 0 radical (unpaired) electrons. The summed E-state index contributed by atoms with van der Waals surface area (Å²) in [5, 5.41) is 7.26. The SMILES string of the molecule is CC(C)c1cccc(B(c2ccccc2)c2ccn[nH]2)c1. The van der Waals surface area contributed by atoms with Crippen molar-refractivity contribution in [1.82, 2.24) is 10.2 Å². The number of benzene rings is 2. The standard InChI is InChI=1S/C18H19BN2/c1-14(2)15-7-6-10-17(13-15)19(18-11-12-20-21-18)16-8-4-3-5-9-16/h3-14H,1-2H3,(H,20,21). The van der Waals surface area contributed by atoms with E-state index in [-0.39, 0.29) is 6.71 Å². The van der Waals surface area contributed by atoms with Gasteiger partial charge in [0.2, 0.25) is 0 Å². The van der Waals surface area contributed by atoms with Crippen LogP contribution in [0.2, 0.25) is 0 Å². The van der Waals surface area contributed by atoms with Gasteiger partial charge in [-0.15, -0.1) is 0 Å². The molecule has 0 saturated carbocycles. The molecule has 0 aliphatic heterocycles. The van der Waals surface area contributed by atoms with Crippen LogP contribution in [0.15, 0.2) is 66.9 Å². The molecule has 0 unspecified atom stereocenters. The highest BCUT2D eigenvalue weighted by Gasteiger charge is 2.23. The summed E-state index contributed by atoms with van der Waals surface area (Å²) in [7, 11) is 0. The minimum absolute atomic E-state index is 0.201. The summed E-state index contributed by atoms with van der Waals surface area (Å²) < 4.78 is 0. The average molecular weight is 274 g/mol. The molecule has 1 aromatic heterocycles. The number of aromatic nitrogens is 2. The molecule has 0 aliphatic carbocycles. The van der Waals surface area contributed by atoms with Gasteiger partial charge in [-0.2, -0.15) is 5.10 Å². The Balaban J connectivity index is 2.10. The fraction of sp³-hybridized carbons (Fsp3) is 0.167. The molecule has 0 bridgehead atoms. The van der Waals surface area contributed by atoms with E-state index in [0.717, 1.165) is 5.59 Å². The third kappa shape index (κ3) is 2.92. The van der Waals surface area contributed by atoms with Gasteiger partial charge in [-0.3, -0.25) is 5.10 Å². The third-order valence-electron chi connectivity index (χ3n) is 3.88. The Bertz CT molecular complexity index is 690. The number of nitrogens with zero attached hydrogens (tertiary/aromatic N) is 1. The zero-order valence-electron chi connectivity index (χ0n) is 12.5. The number of nitrogens with one attached hydrogen (secondary N) is 1. The molecule has 3 aromatic rings. The molecular weight excluding hydrogens is 255 g/mol. The molecule has 0 amide bonds. The molecule has 0 saturated heterocycles. The maximum atomic E-state index is 4.13. The number of aromatic amines is 1. The Hall–Kier alpha value is -2.29. The summed E-state index contributed by atoms with van der Waals surface area (Å²) in [6, 6.07) is 21.5. The van der Waals surface area contributed by atoms with Crippen LogP contribution < -0.4 is 16.5 Å². The number of rotatable bonds is 4. The van der Waals surface area contributed by atoms with E-state index in [9.17, 15) is 0 Å². The topological polar surface area (TPSA) is 28.7 Å². The van der Waals surface area contributed by atoms with Gasteiger partial charge in [0, 0.05) is 11.8 Å². The zero-order chi connectivity index (χ0) is 14.7. The first-order chi connectivity index (χ1) is 10.3. The molecule has 1 heterocycles. The minimum Gasteiger partial charge on any atom is -0.291 e. The van der Waals surface area contributed by atoms with E-state index < -0.39 is 0 Å². The van der Waals surface area contributed by atoms with Crippen LogP contribution in [0.25, 0.3) is 0 Å². The highest BCUT2D eigenvalue weighted by atomic mass is 15.1. The van der Waals surface area contributed by atoms with Crippen molar-refractivity contribution in [3.8, 4) is 0 Å². The van der Waals surface area contributed by atoms with Crippen LogP contribution in [-0.4, -0.2) is 16.9 Å². The lowest BCUT2D eigenvalue weighted by molar-refractivity contribution is 0.868. The second-order valence-electron chi connectivity index (χ2n) is 5.68. The van der Waals surface area contributed by atoms with Gasteiger partial charge in [0.1, 0.15) is 0 Å². The molecule has 2 aromatic carbocycles. The van der Waals surface area contributed by atoms with Crippen molar-refractivity contribution in [2.45, 2.75) is 19.8 Å². The van der Waals surface area contributed by atoms with E-state index in [1.54, 1.807) is 0 Å². The van der Waals surface area contributed by atoms with Crippen LogP contribution in [0.4, 0.5) is 0 Å². The number of hydrogen-bond donors (Lipinski definition) is 1. The molecule has 1 N–H and O–H groups in total. The van der Waals surface area contributed by atoms with Crippen molar-refractivity contribution in [1.29, 1.82) is 0 Å². The summed E-state index contributed by atoms with van der Waals surface area (Å²) >= 11 is 0. The maximum absolute atomic E-state index is 4.13. The first-order valence-corrected chi connectivity index (χ1v) is 7.40. The van der Waals surface area contributed by atoms with Crippen molar-refractivity contribution in [2.24, 2.45) is 0 Å². The zero-order valence-corrected chi connectivity index (χ0v) is 12.5. The fourth-order valence-corrected chi connectivity index (χ4v) is 2.72. The van der Waals surface area contributed by atoms with E-state index >= 15 is 0 Å². The predicted octanol–water partition coefficient (Wildman–Crippen LogP) is 2.05. The fourth-order valence-electron chi connectivity index (χ4n) is 2.72. The van der Waals surface area contributed by atoms with Crippen LogP contribution in [0.1, 0.15) is 25.3 Å². The van der Waals surface area contributed by atoms with Crippen LogP contribution in [-0.2, 0) is 0 Å². The Morgan fingerprint density at radius 2 is 1.67 bits per heavy atom. The monoisotopic (exact) mass is 274 g/mol. The Morgan fingerprint density at radius 3 is 2.33 bits per heavy atom. The van der Waals surface area contributed by atoms with Gasteiger partial charge < -0.3 is 0 Å². The van der Waals surface area contributed by atoms with Crippen LogP contribution >= 0.6 is 0 Å². The molecule has 0 atom stereocenters. The van der Waals surface area contributed by atoms with E-state index in [1.807, 2.05) is 6.20 Å². The van der Waals surface area contributed by atoms with Crippen molar-refractivity contribution in [3.05, 3.63) is 72.4 Å². The second kappa shape index (κ2) is 6.00. The number of hydrogen-bond acceptors (Lipinski definition) is 1. The molecule has 2 nitrogen and oxygen atoms in total. The molecule has 3 rings (SSSR count). The molecule has 0 aliphatic rings. The Labute approximate surface area is 126 Å². The molecule has 21 heavy (non-hydrogen) atoms. The summed E-state index contributed by atoms with van der Waals surface area (Å²) in [6.45, 7) is 4.66. The molecular formula is C18H19BN2. The normalized spacial score (nSPS) is 10.8. The third-order valence-corrected chi connectivity index (χ3v) is 3.88. The van der Waals surface area contributed by atoms with Crippen molar-refractivity contribution < 1.29 is 0 Å². The largest absolute Gasteiger partial charge is 0.291 e. The molecule has 104 valence electrons. The van der Waals surface area contributed by atoms with Gasteiger partial charge in [0.15, 0.2) is 0 Å². The van der Waals surface area contributed by atoms with Gasteiger partial charge in [-0.05, 0) is 17.5 Å². The highest BCUT2D eigenvalue weighted by Crippen LogP contribution is 2.12. The summed E-state index contributed by atoms with van der Waals surface area (Å²) in [5.41, 5.74) is 5.08. The Morgan fingerprint density at radius 1 is 0.905 bits per heavy atom. The second-order valence-corrected chi connectivity index (χ2v) is 5.68. The molecule has 0 fully saturated rings. The van der Waals surface area contributed by atoms with Crippen LogP contribution in [0.3, 0.4) is 0 Å². The molecule has 3 heteroatoms. The van der Waals surface area contributed by atoms with Gasteiger partial charge in [-0.25, -0.2) is 0 Å². The number of H-pyrrole nitrogens is 1. The summed E-state index contributed by atoms with van der Waals surface area (Å²) in [5.74, 6) is 0.531. The maximum Gasteiger partial charge on any atom is 0.264 e. The minimum atomic E-state index is 0.201. The smallest absolute Gasteiger partial charge is 0.264 e. The first kappa shape index (κ1) is 13.7. The lowest BCUT2D eigenvalue weighted by Gasteiger charge is -2.15.